The first-order chi connectivity index (χ1) is 8.58. The first-order valence-electron chi connectivity index (χ1n) is 5.29. The maximum Gasteiger partial charge on any atom is 0.167 e. The summed E-state index contributed by atoms with van der Waals surface area (Å²) in [5.41, 5.74) is 1.25. The van der Waals surface area contributed by atoms with Crippen LogP contribution in [0.25, 0.3) is 0 Å². The number of hydrogen-bond acceptors (Lipinski definition) is 1. The predicted octanol–water partition coefficient (Wildman–Crippen LogP) is 5.07. The summed E-state index contributed by atoms with van der Waals surface area (Å²) < 4.78 is 0. The Hall–Kier alpha value is -1.02. The Balaban J connectivity index is 2.24. The Morgan fingerprint density at radius 1 is 0.889 bits per heavy atom. The van der Waals surface area contributed by atoms with E-state index >= 15 is 0 Å². The molecule has 4 heteroatoms. The highest BCUT2D eigenvalue weighted by molar-refractivity contribution is 6.36. The lowest BCUT2D eigenvalue weighted by Crippen LogP contribution is -2.04. The van der Waals surface area contributed by atoms with E-state index in [0.29, 0.717) is 26.2 Å². The minimum atomic E-state index is -0.0401. The number of ketones is 1. The van der Waals surface area contributed by atoms with Gasteiger partial charge in [0.2, 0.25) is 0 Å². The van der Waals surface area contributed by atoms with Crippen LogP contribution in [0.1, 0.15) is 15.9 Å². The zero-order valence-electron chi connectivity index (χ0n) is 9.29. The molecular formula is C14H9Cl3O. The maximum atomic E-state index is 12.1. The third-order valence-electron chi connectivity index (χ3n) is 2.57. The molecule has 18 heavy (non-hydrogen) atoms. The molecule has 2 aromatic rings. The lowest BCUT2D eigenvalue weighted by Gasteiger charge is -2.06. The molecule has 0 fully saturated rings. The first kappa shape index (κ1) is 13.4. The second kappa shape index (κ2) is 5.75. The smallest absolute Gasteiger partial charge is 0.167 e. The molecule has 0 N–H and O–H groups in total. The van der Waals surface area contributed by atoms with Gasteiger partial charge in [0.05, 0.1) is 0 Å². The van der Waals surface area contributed by atoms with Crippen molar-refractivity contribution in [2.75, 3.05) is 0 Å². The molecule has 0 aliphatic heterocycles. The quantitative estimate of drug-likeness (QED) is 0.723. The van der Waals surface area contributed by atoms with E-state index in [1.165, 1.54) is 0 Å². The van der Waals surface area contributed by atoms with Crippen LogP contribution in [0.5, 0.6) is 0 Å². The average Bonchev–Trinajstić information content (AvgIpc) is 2.34. The van der Waals surface area contributed by atoms with Crippen LogP contribution >= 0.6 is 34.8 Å². The molecular weight excluding hydrogens is 291 g/mol. The second-order valence-corrected chi connectivity index (χ2v) is 5.06. The van der Waals surface area contributed by atoms with Crippen molar-refractivity contribution in [2.45, 2.75) is 6.42 Å². The molecule has 0 saturated carbocycles. The molecule has 0 heterocycles. The summed E-state index contributed by atoms with van der Waals surface area (Å²) in [4.78, 5) is 12.1. The maximum absolute atomic E-state index is 12.1. The fourth-order valence-corrected chi connectivity index (χ4v) is 2.26. The van der Waals surface area contributed by atoms with Gasteiger partial charge in [-0.25, -0.2) is 0 Å². The van der Waals surface area contributed by atoms with Gasteiger partial charge >= 0.3 is 0 Å². The van der Waals surface area contributed by atoms with Gasteiger partial charge in [0.25, 0.3) is 0 Å². The minimum absolute atomic E-state index is 0.0401. The summed E-state index contributed by atoms with van der Waals surface area (Å²) in [6.07, 6.45) is 0.181. The third-order valence-corrected chi connectivity index (χ3v) is 3.53. The largest absolute Gasteiger partial charge is 0.294 e. The van der Waals surface area contributed by atoms with E-state index in [0.717, 1.165) is 0 Å². The van der Waals surface area contributed by atoms with Crippen molar-refractivity contribution in [3.8, 4) is 0 Å². The highest BCUT2D eigenvalue weighted by atomic mass is 35.5. The molecule has 0 atom stereocenters. The second-order valence-electron chi connectivity index (χ2n) is 3.81. The van der Waals surface area contributed by atoms with Gasteiger partial charge < -0.3 is 0 Å². The van der Waals surface area contributed by atoms with Gasteiger partial charge in [-0.2, -0.15) is 0 Å². The predicted molar refractivity (Wildman–Crippen MR) is 75.9 cm³/mol. The minimum Gasteiger partial charge on any atom is -0.294 e. The number of carbonyl (C=O) groups is 1. The highest BCUT2D eigenvalue weighted by Crippen LogP contribution is 2.25. The van der Waals surface area contributed by atoms with Crippen molar-refractivity contribution in [3.05, 3.63) is 68.7 Å². The van der Waals surface area contributed by atoms with Crippen molar-refractivity contribution in [3.63, 3.8) is 0 Å². The zero-order valence-corrected chi connectivity index (χ0v) is 11.6. The number of Topliss-reactive ketones (excluding diaryl/α,β-unsaturated/α-hetero) is 1. The van der Waals surface area contributed by atoms with E-state index in [1.807, 2.05) is 0 Å². The molecule has 0 saturated heterocycles. The van der Waals surface area contributed by atoms with Gasteiger partial charge in [0.15, 0.2) is 5.78 Å². The Kier molecular flexibility index (Phi) is 4.28. The molecule has 0 aromatic heterocycles. The monoisotopic (exact) mass is 298 g/mol. The normalized spacial score (nSPS) is 10.4. The molecule has 0 aliphatic carbocycles. The Morgan fingerprint density at radius 3 is 2.00 bits per heavy atom. The number of halogens is 3. The van der Waals surface area contributed by atoms with Gasteiger partial charge in [-0.05, 0) is 42.0 Å². The Bertz CT molecular complexity index is 556. The van der Waals surface area contributed by atoms with Gasteiger partial charge in [-0.1, -0.05) is 40.9 Å². The van der Waals surface area contributed by atoms with E-state index in [2.05, 4.69) is 0 Å². The van der Waals surface area contributed by atoms with E-state index in [1.54, 1.807) is 42.5 Å². The van der Waals surface area contributed by atoms with Crippen LogP contribution in [0.15, 0.2) is 42.5 Å². The summed E-state index contributed by atoms with van der Waals surface area (Å²) in [6.45, 7) is 0. The molecule has 92 valence electrons. The highest BCUT2D eigenvalue weighted by Gasteiger charge is 2.12. The fourth-order valence-electron chi connectivity index (χ4n) is 1.60. The molecule has 0 unspecified atom stereocenters. The first-order valence-corrected chi connectivity index (χ1v) is 6.43. The van der Waals surface area contributed by atoms with Crippen LogP contribution in [-0.4, -0.2) is 5.78 Å². The van der Waals surface area contributed by atoms with Gasteiger partial charge in [-0.15, -0.1) is 0 Å². The van der Waals surface area contributed by atoms with E-state index < -0.39 is 0 Å². The van der Waals surface area contributed by atoms with Gasteiger partial charge in [0.1, 0.15) is 0 Å². The fraction of sp³-hybridized carbons (Fsp3) is 0.0714. The summed E-state index contributed by atoms with van der Waals surface area (Å²) in [5, 5.41) is 1.61. The standard InChI is InChI=1S/C14H9Cl3O/c15-10-6-4-9(5-7-10)14(18)8-11-12(16)2-1-3-13(11)17/h1-7H,8H2. The Morgan fingerprint density at radius 2 is 1.44 bits per heavy atom. The average molecular weight is 300 g/mol. The molecule has 0 amide bonds. The van der Waals surface area contributed by atoms with Crippen LogP contribution in [0.2, 0.25) is 15.1 Å². The van der Waals surface area contributed by atoms with Crippen LogP contribution in [0, 0.1) is 0 Å². The lowest BCUT2D eigenvalue weighted by molar-refractivity contribution is 0.0993. The molecule has 2 aromatic carbocycles. The van der Waals surface area contributed by atoms with E-state index in [4.69, 9.17) is 34.8 Å². The van der Waals surface area contributed by atoms with Crippen LogP contribution in [-0.2, 0) is 6.42 Å². The summed E-state index contributed by atoms with van der Waals surface area (Å²) in [7, 11) is 0. The lowest BCUT2D eigenvalue weighted by atomic mass is 10.0. The van der Waals surface area contributed by atoms with E-state index in [-0.39, 0.29) is 12.2 Å². The van der Waals surface area contributed by atoms with E-state index in [9.17, 15) is 4.79 Å². The Labute approximate surface area is 120 Å². The summed E-state index contributed by atoms with van der Waals surface area (Å²) in [6, 6.07) is 11.9. The number of hydrogen-bond donors (Lipinski definition) is 0. The molecule has 0 bridgehead atoms. The number of carbonyl (C=O) groups excluding carboxylic acids is 1. The van der Waals surface area contributed by atoms with Crippen LogP contribution < -0.4 is 0 Å². The summed E-state index contributed by atoms with van der Waals surface area (Å²) in [5.74, 6) is -0.0401. The number of rotatable bonds is 3. The number of benzene rings is 2. The summed E-state index contributed by atoms with van der Waals surface area (Å²) >= 11 is 17.8. The van der Waals surface area contributed by atoms with Crippen LogP contribution in [0.3, 0.4) is 0 Å². The topological polar surface area (TPSA) is 17.1 Å². The zero-order chi connectivity index (χ0) is 13.1. The SMILES string of the molecule is O=C(Cc1c(Cl)cccc1Cl)c1ccc(Cl)cc1. The van der Waals surface area contributed by atoms with Crippen molar-refractivity contribution in [2.24, 2.45) is 0 Å². The van der Waals surface area contributed by atoms with Crippen molar-refractivity contribution >= 4 is 40.6 Å². The molecule has 2 rings (SSSR count). The molecule has 1 nitrogen and oxygen atoms in total. The van der Waals surface area contributed by atoms with Gasteiger partial charge in [0, 0.05) is 27.1 Å². The molecule has 0 aliphatic rings. The molecule has 0 radical (unpaired) electrons. The van der Waals surface area contributed by atoms with Crippen LogP contribution in [0.4, 0.5) is 0 Å². The van der Waals surface area contributed by atoms with Crippen molar-refractivity contribution in [1.29, 1.82) is 0 Å². The molecule has 0 spiro atoms. The van der Waals surface area contributed by atoms with Crippen molar-refractivity contribution < 1.29 is 4.79 Å². The van der Waals surface area contributed by atoms with Crippen molar-refractivity contribution in [1.82, 2.24) is 0 Å². The van der Waals surface area contributed by atoms with Gasteiger partial charge in [-0.3, -0.25) is 4.79 Å². The third kappa shape index (κ3) is 3.05.